The van der Waals surface area contributed by atoms with Gasteiger partial charge in [-0.2, -0.15) is 0 Å². The first-order valence-electron chi connectivity index (χ1n) is 7.94. The lowest BCUT2D eigenvalue weighted by atomic mass is 9.85. The molecular formula is C19H21NO2S. The predicted octanol–water partition coefficient (Wildman–Crippen LogP) is 3.60. The van der Waals surface area contributed by atoms with Crippen LogP contribution in [-0.4, -0.2) is 24.8 Å². The van der Waals surface area contributed by atoms with E-state index < -0.39 is 5.60 Å². The number of nitrogens with one attached hydrogen (secondary N) is 1. The molecule has 1 N–H and O–H groups in total. The van der Waals surface area contributed by atoms with Crippen LogP contribution in [0.3, 0.4) is 0 Å². The van der Waals surface area contributed by atoms with Crippen LogP contribution in [0.1, 0.15) is 18.4 Å². The lowest BCUT2D eigenvalue weighted by Gasteiger charge is -2.37. The minimum atomic E-state index is -0.485. The van der Waals surface area contributed by atoms with Crippen molar-refractivity contribution in [3.8, 4) is 0 Å². The van der Waals surface area contributed by atoms with Crippen molar-refractivity contribution in [3.63, 3.8) is 0 Å². The number of hydrogen-bond acceptors (Lipinski definition) is 4. The zero-order valence-corrected chi connectivity index (χ0v) is 13.9. The summed E-state index contributed by atoms with van der Waals surface area (Å²) in [6.07, 6.45) is 1.64. The van der Waals surface area contributed by atoms with Crippen molar-refractivity contribution in [2.24, 2.45) is 0 Å². The van der Waals surface area contributed by atoms with E-state index in [9.17, 15) is 4.79 Å². The second-order valence-electron chi connectivity index (χ2n) is 5.69. The molecule has 2 aromatic carbocycles. The maximum atomic E-state index is 12.4. The van der Waals surface area contributed by atoms with E-state index in [-0.39, 0.29) is 5.97 Å². The highest BCUT2D eigenvalue weighted by molar-refractivity contribution is 8.00. The minimum absolute atomic E-state index is 0.149. The Morgan fingerprint density at radius 1 is 1.00 bits per heavy atom. The first kappa shape index (κ1) is 16.1. The topological polar surface area (TPSA) is 38.3 Å². The molecule has 0 aliphatic carbocycles. The smallest absolute Gasteiger partial charge is 0.317 e. The second kappa shape index (κ2) is 7.66. The summed E-state index contributed by atoms with van der Waals surface area (Å²) >= 11 is 1.52. The Morgan fingerprint density at radius 2 is 1.61 bits per heavy atom. The number of thioether (sulfide) groups is 1. The van der Waals surface area contributed by atoms with Gasteiger partial charge in [0, 0.05) is 17.7 Å². The average Bonchev–Trinajstić information content (AvgIpc) is 2.62. The first-order chi connectivity index (χ1) is 11.3. The number of benzene rings is 2. The third kappa shape index (κ3) is 4.15. The number of ether oxygens (including phenoxy) is 1. The summed E-state index contributed by atoms with van der Waals surface area (Å²) in [4.78, 5) is 13.5. The molecule has 4 heteroatoms. The SMILES string of the molecule is O=C(CSc1ccccc1)OC1(c2ccccc2)CCNCC1. The van der Waals surface area contributed by atoms with E-state index >= 15 is 0 Å². The van der Waals surface area contributed by atoms with Crippen molar-refractivity contribution in [1.82, 2.24) is 5.32 Å². The highest BCUT2D eigenvalue weighted by Crippen LogP contribution is 2.35. The molecule has 0 bridgehead atoms. The van der Waals surface area contributed by atoms with Crippen LogP contribution < -0.4 is 5.32 Å². The van der Waals surface area contributed by atoms with Gasteiger partial charge in [-0.05, 0) is 30.8 Å². The van der Waals surface area contributed by atoms with E-state index in [1.54, 1.807) is 0 Å². The maximum absolute atomic E-state index is 12.4. The van der Waals surface area contributed by atoms with Crippen LogP contribution in [-0.2, 0) is 15.1 Å². The second-order valence-corrected chi connectivity index (χ2v) is 6.73. The molecule has 0 amide bonds. The van der Waals surface area contributed by atoms with Gasteiger partial charge in [0.15, 0.2) is 0 Å². The van der Waals surface area contributed by atoms with Crippen LogP contribution in [0.4, 0.5) is 0 Å². The third-order valence-electron chi connectivity index (χ3n) is 4.12. The number of piperidine rings is 1. The van der Waals surface area contributed by atoms with Crippen LogP contribution in [0.25, 0.3) is 0 Å². The summed E-state index contributed by atoms with van der Waals surface area (Å²) in [6, 6.07) is 20.1. The van der Waals surface area contributed by atoms with Crippen LogP contribution in [0.15, 0.2) is 65.6 Å². The molecule has 1 fully saturated rings. The molecule has 1 aliphatic heterocycles. The average molecular weight is 327 g/mol. The van der Waals surface area contributed by atoms with Crippen molar-refractivity contribution in [1.29, 1.82) is 0 Å². The van der Waals surface area contributed by atoms with Gasteiger partial charge in [-0.3, -0.25) is 4.79 Å². The van der Waals surface area contributed by atoms with Crippen LogP contribution in [0, 0.1) is 0 Å². The van der Waals surface area contributed by atoms with E-state index in [4.69, 9.17) is 4.74 Å². The molecule has 0 saturated carbocycles. The molecule has 1 saturated heterocycles. The first-order valence-corrected chi connectivity index (χ1v) is 8.93. The number of hydrogen-bond donors (Lipinski definition) is 1. The molecular weight excluding hydrogens is 306 g/mol. The standard InChI is InChI=1S/C19H21NO2S/c21-18(15-23-17-9-5-2-6-10-17)22-19(11-13-20-14-12-19)16-7-3-1-4-8-16/h1-10,20H,11-15H2. The van der Waals surface area contributed by atoms with E-state index in [0.717, 1.165) is 36.4 Å². The van der Waals surface area contributed by atoms with Gasteiger partial charge in [0.2, 0.25) is 0 Å². The molecule has 0 aromatic heterocycles. The Labute approximate surface area is 141 Å². The molecule has 3 nitrogen and oxygen atoms in total. The van der Waals surface area contributed by atoms with Gasteiger partial charge in [-0.15, -0.1) is 11.8 Å². The molecule has 1 aliphatic rings. The number of rotatable bonds is 5. The number of esters is 1. The highest BCUT2D eigenvalue weighted by atomic mass is 32.2. The van der Waals surface area contributed by atoms with Crippen molar-refractivity contribution >= 4 is 17.7 Å². The molecule has 1 heterocycles. The Kier molecular flexibility index (Phi) is 5.36. The van der Waals surface area contributed by atoms with Crippen LogP contribution in [0.2, 0.25) is 0 Å². The van der Waals surface area contributed by atoms with Crippen molar-refractivity contribution in [3.05, 3.63) is 66.2 Å². The minimum Gasteiger partial charge on any atom is -0.453 e. The molecule has 3 rings (SSSR count). The zero-order valence-electron chi connectivity index (χ0n) is 13.0. The van der Waals surface area contributed by atoms with E-state index in [0.29, 0.717) is 5.75 Å². The quantitative estimate of drug-likeness (QED) is 0.673. The molecule has 0 atom stereocenters. The predicted molar refractivity (Wildman–Crippen MR) is 93.5 cm³/mol. The lowest BCUT2D eigenvalue weighted by molar-refractivity contribution is -0.160. The maximum Gasteiger partial charge on any atom is 0.317 e. The van der Waals surface area contributed by atoms with Crippen molar-refractivity contribution < 1.29 is 9.53 Å². The Hall–Kier alpha value is -1.78. The van der Waals surface area contributed by atoms with E-state index in [1.807, 2.05) is 48.5 Å². The van der Waals surface area contributed by atoms with Gasteiger partial charge < -0.3 is 10.1 Å². The van der Waals surface area contributed by atoms with Gasteiger partial charge in [0.05, 0.1) is 5.75 Å². The van der Waals surface area contributed by atoms with Gasteiger partial charge in [-0.25, -0.2) is 0 Å². The van der Waals surface area contributed by atoms with Gasteiger partial charge >= 0.3 is 5.97 Å². The summed E-state index contributed by atoms with van der Waals surface area (Å²) in [7, 11) is 0. The van der Waals surface area contributed by atoms with Crippen LogP contribution >= 0.6 is 11.8 Å². The Morgan fingerprint density at radius 3 is 2.26 bits per heavy atom. The fourth-order valence-electron chi connectivity index (χ4n) is 2.93. The molecule has 0 radical (unpaired) electrons. The molecule has 120 valence electrons. The molecule has 2 aromatic rings. The number of carbonyl (C=O) groups excluding carboxylic acids is 1. The molecule has 23 heavy (non-hydrogen) atoms. The third-order valence-corrected chi connectivity index (χ3v) is 5.11. The van der Waals surface area contributed by atoms with Gasteiger partial charge in [-0.1, -0.05) is 48.5 Å². The summed E-state index contributed by atoms with van der Waals surface area (Å²) in [5.41, 5.74) is 0.612. The summed E-state index contributed by atoms with van der Waals surface area (Å²) in [6.45, 7) is 1.74. The Balaban J connectivity index is 1.68. The van der Waals surface area contributed by atoms with Crippen LogP contribution in [0.5, 0.6) is 0 Å². The van der Waals surface area contributed by atoms with E-state index in [2.05, 4.69) is 17.4 Å². The monoisotopic (exact) mass is 327 g/mol. The molecule has 0 unspecified atom stereocenters. The summed E-state index contributed by atoms with van der Waals surface area (Å²) < 4.78 is 5.99. The summed E-state index contributed by atoms with van der Waals surface area (Å²) in [5, 5.41) is 3.34. The highest BCUT2D eigenvalue weighted by Gasteiger charge is 2.37. The normalized spacial score (nSPS) is 16.7. The largest absolute Gasteiger partial charge is 0.453 e. The lowest BCUT2D eigenvalue weighted by Crippen LogP contribution is -2.43. The fourth-order valence-corrected chi connectivity index (χ4v) is 3.62. The van der Waals surface area contributed by atoms with Crippen molar-refractivity contribution in [2.45, 2.75) is 23.3 Å². The van der Waals surface area contributed by atoms with Crippen molar-refractivity contribution in [2.75, 3.05) is 18.8 Å². The fraction of sp³-hybridized carbons (Fsp3) is 0.316. The zero-order chi connectivity index (χ0) is 16.0. The summed E-state index contributed by atoms with van der Waals surface area (Å²) in [5.74, 6) is 0.191. The Bertz CT molecular complexity index is 624. The van der Waals surface area contributed by atoms with Gasteiger partial charge in [0.25, 0.3) is 0 Å². The molecule has 0 spiro atoms. The van der Waals surface area contributed by atoms with Gasteiger partial charge in [0.1, 0.15) is 5.60 Å². The van der Waals surface area contributed by atoms with E-state index in [1.165, 1.54) is 11.8 Å². The number of carbonyl (C=O) groups is 1.